The molecular weight excluding hydrogens is 546 g/mol. The van der Waals surface area contributed by atoms with Crippen LogP contribution in [0.3, 0.4) is 0 Å². The summed E-state index contributed by atoms with van der Waals surface area (Å²) in [6.45, 7) is 5.57. The van der Waals surface area contributed by atoms with Crippen molar-refractivity contribution in [1.29, 1.82) is 0 Å². The second kappa shape index (κ2) is 11.1. The number of benzene rings is 2. The predicted octanol–water partition coefficient (Wildman–Crippen LogP) is 5.50. The highest BCUT2D eigenvalue weighted by Gasteiger charge is 2.20. The number of hydrogen-bond donors (Lipinski definition) is 3. The van der Waals surface area contributed by atoms with Crippen LogP contribution in [0.1, 0.15) is 53.5 Å². The lowest BCUT2D eigenvalue weighted by molar-refractivity contribution is -0.153. The third-order valence-electron chi connectivity index (χ3n) is 6.40. The van der Waals surface area contributed by atoms with Crippen LogP contribution in [-0.4, -0.2) is 48.4 Å². The number of aromatic amines is 1. The molecule has 2 aromatic carbocycles. The molecule has 0 unspecified atom stereocenters. The summed E-state index contributed by atoms with van der Waals surface area (Å²) in [6.07, 6.45) is 3.85. The fourth-order valence-corrected chi connectivity index (χ4v) is 4.84. The number of pyridine rings is 1. The number of nitrogens with zero attached hydrogens (tertiary/aromatic N) is 3. The summed E-state index contributed by atoms with van der Waals surface area (Å²) in [6, 6.07) is 12.5. The van der Waals surface area contributed by atoms with Gasteiger partial charge in [-0.3, -0.25) is 24.2 Å². The number of nitrogens with one attached hydrogen (secondary N) is 2. The third kappa shape index (κ3) is 6.38. The molecule has 0 atom stereocenters. The second-order valence-electron chi connectivity index (χ2n) is 10.7. The summed E-state index contributed by atoms with van der Waals surface area (Å²) in [5.74, 6) is -0.737. The van der Waals surface area contributed by atoms with Gasteiger partial charge in [-0.2, -0.15) is 5.10 Å². The van der Waals surface area contributed by atoms with Gasteiger partial charge in [-0.1, -0.05) is 17.7 Å². The largest absolute Gasteiger partial charge is 0.464 e. The molecule has 0 aliphatic carbocycles. The number of carbonyl (C=O) groups is 3. The zero-order chi connectivity index (χ0) is 29.3. The Kier molecular flexibility index (Phi) is 7.51. The Morgan fingerprint density at radius 3 is 2.61 bits per heavy atom. The Hall–Kier alpha value is -4.70. The van der Waals surface area contributed by atoms with Gasteiger partial charge >= 0.3 is 12.1 Å². The molecule has 41 heavy (non-hydrogen) atoms. The Morgan fingerprint density at radius 2 is 1.85 bits per heavy atom. The van der Waals surface area contributed by atoms with E-state index in [0.29, 0.717) is 33.5 Å². The van der Waals surface area contributed by atoms with Crippen molar-refractivity contribution in [1.82, 2.24) is 25.1 Å². The standard InChI is InChI=1S/C30H28ClN5O5/c1-30(2,3)41-27(37)11-20-16-36(29(39)40)26-7-4-17(10-22(20)26)8-18-9-19(14-32-13-18)28(38)33-15-25-23-12-21(31)5-6-24(23)34-35-25/h4-7,9-10,12-14,16H,8,11,15H2,1-3H3,(H,33,38)(H,34,35)(H,39,40). The topological polar surface area (TPSA) is 139 Å². The number of carboxylic acid groups (broad SMARTS) is 1. The lowest BCUT2D eigenvalue weighted by Crippen LogP contribution is -2.24. The van der Waals surface area contributed by atoms with Crippen LogP contribution >= 0.6 is 11.6 Å². The van der Waals surface area contributed by atoms with Gasteiger partial charge < -0.3 is 15.2 Å². The Labute approximate surface area is 240 Å². The molecule has 11 heteroatoms. The van der Waals surface area contributed by atoms with Crippen molar-refractivity contribution in [2.75, 3.05) is 0 Å². The fourth-order valence-electron chi connectivity index (χ4n) is 4.67. The van der Waals surface area contributed by atoms with E-state index in [0.717, 1.165) is 32.3 Å². The molecule has 0 saturated carbocycles. The molecule has 0 aliphatic heterocycles. The molecule has 10 nitrogen and oxygen atoms in total. The van der Waals surface area contributed by atoms with Gasteiger partial charge in [-0.25, -0.2) is 4.79 Å². The Morgan fingerprint density at radius 1 is 1.05 bits per heavy atom. The molecule has 3 aromatic heterocycles. The van der Waals surface area contributed by atoms with Crippen LogP contribution in [0.4, 0.5) is 4.79 Å². The lowest BCUT2D eigenvalue weighted by Gasteiger charge is -2.19. The van der Waals surface area contributed by atoms with E-state index in [1.54, 1.807) is 57.3 Å². The molecule has 3 heterocycles. The van der Waals surface area contributed by atoms with Crippen molar-refractivity contribution >= 4 is 51.4 Å². The van der Waals surface area contributed by atoms with Crippen LogP contribution in [-0.2, 0) is 28.9 Å². The van der Waals surface area contributed by atoms with E-state index in [4.69, 9.17) is 16.3 Å². The fraction of sp³-hybridized carbons (Fsp3) is 0.233. The highest BCUT2D eigenvalue weighted by molar-refractivity contribution is 6.31. The number of amides is 1. The maximum Gasteiger partial charge on any atom is 0.416 e. The quantitative estimate of drug-likeness (QED) is 0.218. The van der Waals surface area contributed by atoms with Crippen LogP contribution in [0, 0.1) is 0 Å². The van der Waals surface area contributed by atoms with E-state index in [9.17, 15) is 19.5 Å². The van der Waals surface area contributed by atoms with Gasteiger partial charge in [-0.15, -0.1) is 0 Å². The molecule has 5 aromatic rings. The van der Waals surface area contributed by atoms with Crippen molar-refractivity contribution in [3.05, 3.63) is 94.0 Å². The summed E-state index contributed by atoms with van der Waals surface area (Å²) in [5.41, 5.74) is 3.92. The van der Waals surface area contributed by atoms with Crippen molar-refractivity contribution in [2.45, 2.75) is 45.8 Å². The van der Waals surface area contributed by atoms with Gasteiger partial charge in [0.05, 0.1) is 35.3 Å². The van der Waals surface area contributed by atoms with Crippen LogP contribution in [0.15, 0.2) is 61.1 Å². The molecular formula is C30H28ClN5O5. The molecule has 0 bridgehead atoms. The minimum absolute atomic E-state index is 0.0630. The first kappa shape index (κ1) is 27.9. The number of carbonyl (C=O) groups excluding carboxylic acids is 2. The monoisotopic (exact) mass is 573 g/mol. The molecule has 5 rings (SSSR count). The first-order valence-electron chi connectivity index (χ1n) is 12.9. The van der Waals surface area contributed by atoms with Gasteiger partial charge in [0, 0.05) is 34.4 Å². The van der Waals surface area contributed by atoms with Gasteiger partial charge in [0.25, 0.3) is 5.91 Å². The van der Waals surface area contributed by atoms with E-state index in [-0.39, 0.29) is 18.9 Å². The van der Waals surface area contributed by atoms with Crippen LogP contribution in [0.2, 0.25) is 5.02 Å². The van der Waals surface area contributed by atoms with Gasteiger partial charge in [0.1, 0.15) is 5.60 Å². The molecule has 0 spiro atoms. The van der Waals surface area contributed by atoms with E-state index < -0.39 is 17.7 Å². The average molecular weight is 574 g/mol. The summed E-state index contributed by atoms with van der Waals surface area (Å²) in [4.78, 5) is 41.5. The maximum atomic E-state index is 12.9. The molecule has 3 N–H and O–H groups in total. The third-order valence-corrected chi connectivity index (χ3v) is 6.63. The first-order chi connectivity index (χ1) is 19.5. The molecule has 0 radical (unpaired) electrons. The lowest BCUT2D eigenvalue weighted by atomic mass is 10.0. The minimum Gasteiger partial charge on any atom is -0.464 e. The first-order valence-corrected chi connectivity index (χ1v) is 13.3. The van der Waals surface area contributed by atoms with Gasteiger partial charge in [0.15, 0.2) is 0 Å². The Bertz CT molecular complexity index is 1800. The van der Waals surface area contributed by atoms with Crippen molar-refractivity contribution in [2.24, 2.45) is 0 Å². The normalized spacial score (nSPS) is 11.6. The second-order valence-corrected chi connectivity index (χ2v) is 11.2. The zero-order valence-corrected chi connectivity index (χ0v) is 23.5. The summed E-state index contributed by atoms with van der Waals surface area (Å²) in [7, 11) is 0. The molecule has 0 saturated heterocycles. The van der Waals surface area contributed by atoms with E-state index >= 15 is 0 Å². The summed E-state index contributed by atoms with van der Waals surface area (Å²) in [5, 5.41) is 21.8. The minimum atomic E-state index is -1.15. The number of esters is 1. The summed E-state index contributed by atoms with van der Waals surface area (Å²) >= 11 is 6.11. The smallest absolute Gasteiger partial charge is 0.416 e. The number of halogens is 1. The molecule has 0 fully saturated rings. The highest BCUT2D eigenvalue weighted by atomic mass is 35.5. The van der Waals surface area contributed by atoms with E-state index in [2.05, 4.69) is 20.5 Å². The van der Waals surface area contributed by atoms with E-state index in [1.165, 1.54) is 12.4 Å². The molecule has 1 amide bonds. The Balaban J connectivity index is 1.34. The van der Waals surface area contributed by atoms with Crippen LogP contribution < -0.4 is 5.32 Å². The maximum absolute atomic E-state index is 12.9. The number of hydrogen-bond acceptors (Lipinski definition) is 6. The van der Waals surface area contributed by atoms with E-state index in [1.807, 2.05) is 12.1 Å². The predicted molar refractivity (Wildman–Crippen MR) is 154 cm³/mol. The van der Waals surface area contributed by atoms with Crippen LogP contribution in [0.25, 0.3) is 21.8 Å². The molecule has 0 aliphatic rings. The van der Waals surface area contributed by atoms with Crippen LogP contribution in [0.5, 0.6) is 0 Å². The SMILES string of the molecule is CC(C)(C)OC(=O)Cc1cn(C(=O)O)c2ccc(Cc3cncc(C(=O)NCc4[nH]nc5ccc(Cl)cc45)c3)cc12. The van der Waals surface area contributed by atoms with Gasteiger partial charge in [0.2, 0.25) is 0 Å². The number of aromatic nitrogens is 4. The average Bonchev–Trinajstić information content (AvgIpc) is 3.47. The highest BCUT2D eigenvalue weighted by Crippen LogP contribution is 2.26. The number of H-pyrrole nitrogens is 1. The number of fused-ring (bicyclic) bond motifs is 2. The van der Waals surface area contributed by atoms with Crippen molar-refractivity contribution in [3.8, 4) is 0 Å². The molecule has 210 valence electrons. The van der Waals surface area contributed by atoms with Gasteiger partial charge in [-0.05, 0) is 80.3 Å². The van der Waals surface area contributed by atoms with Crippen molar-refractivity contribution < 1.29 is 24.2 Å². The summed E-state index contributed by atoms with van der Waals surface area (Å²) < 4.78 is 6.54. The zero-order valence-electron chi connectivity index (χ0n) is 22.7. The number of ether oxygens (including phenoxy) is 1. The number of rotatable bonds is 7. The van der Waals surface area contributed by atoms with Crippen molar-refractivity contribution in [3.63, 3.8) is 0 Å².